The number of nitrogens with one attached hydrogen (secondary N) is 1. The second kappa shape index (κ2) is 7.22. The number of thiocarbonyl (C=S) groups is 1. The fourth-order valence-corrected chi connectivity index (χ4v) is 1.79. The van der Waals surface area contributed by atoms with Crippen LogP contribution < -0.4 is 11.1 Å². The molecule has 0 bridgehead atoms. The van der Waals surface area contributed by atoms with Crippen LogP contribution in [-0.4, -0.2) is 16.5 Å². The van der Waals surface area contributed by atoms with E-state index in [1.54, 1.807) is 6.20 Å². The Balaban J connectivity index is 2.39. The standard InChI is InChI=1S/C13H21N3S/c1-10(2)6-3-4-8-15-13-11(12(14)17)7-5-9-16-13/h5,7,9-10H,3-4,6,8H2,1-2H3,(H2,14,17)(H,15,16). The van der Waals surface area contributed by atoms with Gasteiger partial charge in [0.05, 0.1) is 5.56 Å². The first-order chi connectivity index (χ1) is 8.11. The van der Waals surface area contributed by atoms with Gasteiger partial charge in [0.2, 0.25) is 0 Å². The Morgan fingerprint density at radius 3 is 2.88 bits per heavy atom. The lowest BCUT2D eigenvalue weighted by atomic mass is 10.1. The molecule has 0 aliphatic carbocycles. The van der Waals surface area contributed by atoms with Crippen LogP contribution in [0.3, 0.4) is 0 Å². The third kappa shape index (κ3) is 5.13. The molecule has 0 spiro atoms. The van der Waals surface area contributed by atoms with E-state index in [1.807, 2.05) is 12.1 Å². The SMILES string of the molecule is CC(C)CCCCNc1ncccc1C(N)=S. The van der Waals surface area contributed by atoms with Gasteiger partial charge >= 0.3 is 0 Å². The van der Waals surface area contributed by atoms with Gasteiger partial charge in [-0.1, -0.05) is 38.9 Å². The van der Waals surface area contributed by atoms with Gasteiger partial charge in [-0.05, 0) is 24.5 Å². The second-order valence-corrected chi connectivity index (χ2v) is 5.02. The summed E-state index contributed by atoms with van der Waals surface area (Å²) in [6.07, 6.45) is 5.40. The summed E-state index contributed by atoms with van der Waals surface area (Å²) < 4.78 is 0. The molecule has 0 radical (unpaired) electrons. The number of nitrogens with two attached hydrogens (primary N) is 1. The summed E-state index contributed by atoms with van der Waals surface area (Å²) >= 11 is 4.98. The predicted octanol–water partition coefficient (Wildman–Crippen LogP) is 2.95. The van der Waals surface area contributed by atoms with E-state index in [0.29, 0.717) is 4.99 Å². The second-order valence-electron chi connectivity index (χ2n) is 4.58. The Morgan fingerprint density at radius 1 is 1.47 bits per heavy atom. The van der Waals surface area contributed by atoms with Gasteiger partial charge in [-0.3, -0.25) is 0 Å². The highest BCUT2D eigenvalue weighted by atomic mass is 32.1. The molecule has 4 heteroatoms. The van der Waals surface area contributed by atoms with Crippen LogP contribution in [0.25, 0.3) is 0 Å². The minimum Gasteiger partial charge on any atom is -0.389 e. The van der Waals surface area contributed by atoms with Crippen molar-refractivity contribution in [3.05, 3.63) is 23.9 Å². The molecular weight excluding hydrogens is 230 g/mol. The van der Waals surface area contributed by atoms with Gasteiger partial charge in [-0.15, -0.1) is 0 Å². The summed E-state index contributed by atoms with van der Waals surface area (Å²) in [5, 5.41) is 3.29. The van der Waals surface area contributed by atoms with Gasteiger partial charge < -0.3 is 11.1 Å². The molecule has 1 heterocycles. The molecule has 0 unspecified atom stereocenters. The molecule has 0 aromatic carbocycles. The van der Waals surface area contributed by atoms with Crippen molar-refractivity contribution < 1.29 is 0 Å². The number of nitrogens with zero attached hydrogens (tertiary/aromatic N) is 1. The van der Waals surface area contributed by atoms with Crippen molar-refractivity contribution in [3.63, 3.8) is 0 Å². The monoisotopic (exact) mass is 251 g/mol. The van der Waals surface area contributed by atoms with Gasteiger partial charge in [-0.25, -0.2) is 4.98 Å². The third-order valence-electron chi connectivity index (χ3n) is 2.57. The fourth-order valence-electron chi connectivity index (χ4n) is 1.63. The van der Waals surface area contributed by atoms with Crippen LogP contribution in [0.5, 0.6) is 0 Å². The summed E-state index contributed by atoms with van der Waals surface area (Å²) in [5.74, 6) is 1.57. The molecule has 0 fully saturated rings. The molecular formula is C13H21N3S. The van der Waals surface area contributed by atoms with Crippen LogP contribution in [0.15, 0.2) is 18.3 Å². The fraction of sp³-hybridized carbons (Fsp3) is 0.538. The summed E-state index contributed by atoms with van der Waals surface area (Å²) in [6, 6.07) is 3.74. The van der Waals surface area contributed by atoms with E-state index >= 15 is 0 Å². The zero-order chi connectivity index (χ0) is 12.7. The molecule has 3 N–H and O–H groups in total. The van der Waals surface area contributed by atoms with Crippen molar-refractivity contribution in [2.24, 2.45) is 11.7 Å². The lowest BCUT2D eigenvalue weighted by Gasteiger charge is -2.10. The molecule has 0 saturated heterocycles. The average molecular weight is 251 g/mol. The predicted molar refractivity (Wildman–Crippen MR) is 77.3 cm³/mol. The number of anilines is 1. The molecule has 1 aromatic heterocycles. The average Bonchev–Trinajstić information content (AvgIpc) is 2.28. The van der Waals surface area contributed by atoms with Crippen LogP contribution in [-0.2, 0) is 0 Å². The van der Waals surface area contributed by atoms with Gasteiger partial charge in [0.15, 0.2) is 0 Å². The highest BCUT2D eigenvalue weighted by Gasteiger charge is 2.04. The number of hydrogen-bond acceptors (Lipinski definition) is 3. The minimum absolute atomic E-state index is 0.391. The summed E-state index contributed by atoms with van der Waals surface area (Å²) in [6.45, 7) is 5.41. The number of hydrogen-bond donors (Lipinski definition) is 2. The zero-order valence-corrected chi connectivity index (χ0v) is 11.4. The normalized spacial score (nSPS) is 10.5. The van der Waals surface area contributed by atoms with E-state index in [0.717, 1.165) is 30.3 Å². The van der Waals surface area contributed by atoms with Gasteiger partial charge in [-0.2, -0.15) is 0 Å². The van der Waals surface area contributed by atoms with E-state index in [4.69, 9.17) is 18.0 Å². The summed E-state index contributed by atoms with van der Waals surface area (Å²) in [5.41, 5.74) is 6.46. The van der Waals surface area contributed by atoms with Crippen molar-refractivity contribution >= 4 is 23.0 Å². The highest BCUT2D eigenvalue weighted by Crippen LogP contribution is 2.12. The molecule has 0 aliphatic rings. The first-order valence-corrected chi connectivity index (χ1v) is 6.50. The smallest absolute Gasteiger partial charge is 0.136 e. The van der Waals surface area contributed by atoms with Crippen LogP contribution in [0.2, 0.25) is 0 Å². The maximum Gasteiger partial charge on any atom is 0.136 e. The molecule has 0 atom stereocenters. The van der Waals surface area contributed by atoms with Gasteiger partial charge in [0.1, 0.15) is 10.8 Å². The Kier molecular flexibility index (Phi) is 5.91. The molecule has 94 valence electrons. The lowest BCUT2D eigenvalue weighted by molar-refractivity contribution is 0.544. The zero-order valence-electron chi connectivity index (χ0n) is 10.6. The summed E-state index contributed by atoms with van der Waals surface area (Å²) in [4.78, 5) is 4.65. The van der Waals surface area contributed by atoms with Crippen molar-refractivity contribution in [2.45, 2.75) is 33.1 Å². The third-order valence-corrected chi connectivity index (χ3v) is 2.79. The van der Waals surface area contributed by atoms with E-state index in [2.05, 4.69) is 24.1 Å². The van der Waals surface area contributed by atoms with Gasteiger partial charge in [0.25, 0.3) is 0 Å². The molecule has 1 rings (SSSR count). The van der Waals surface area contributed by atoms with Crippen LogP contribution in [0, 0.1) is 5.92 Å². The van der Waals surface area contributed by atoms with E-state index < -0.39 is 0 Å². The maximum atomic E-state index is 5.64. The lowest BCUT2D eigenvalue weighted by Crippen LogP contribution is -2.14. The first kappa shape index (κ1) is 13.9. The molecule has 0 saturated carbocycles. The largest absolute Gasteiger partial charge is 0.389 e. The van der Waals surface area contributed by atoms with E-state index in [9.17, 15) is 0 Å². The summed E-state index contributed by atoms with van der Waals surface area (Å²) in [7, 11) is 0. The maximum absolute atomic E-state index is 5.64. The van der Waals surface area contributed by atoms with Crippen molar-refractivity contribution in [1.29, 1.82) is 0 Å². The molecule has 17 heavy (non-hydrogen) atoms. The minimum atomic E-state index is 0.391. The topological polar surface area (TPSA) is 50.9 Å². The van der Waals surface area contributed by atoms with Crippen LogP contribution in [0.4, 0.5) is 5.82 Å². The molecule has 1 aromatic rings. The van der Waals surface area contributed by atoms with Crippen LogP contribution in [0.1, 0.15) is 38.7 Å². The van der Waals surface area contributed by atoms with Crippen LogP contribution >= 0.6 is 12.2 Å². The number of rotatable bonds is 7. The number of pyridine rings is 1. The Labute approximate surface area is 109 Å². The van der Waals surface area contributed by atoms with E-state index in [1.165, 1.54) is 12.8 Å². The number of aromatic nitrogens is 1. The molecule has 0 aliphatic heterocycles. The Morgan fingerprint density at radius 2 is 2.24 bits per heavy atom. The van der Waals surface area contributed by atoms with Crippen molar-refractivity contribution in [3.8, 4) is 0 Å². The molecule has 3 nitrogen and oxygen atoms in total. The van der Waals surface area contributed by atoms with Crippen molar-refractivity contribution in [1.82, 2.24) is 4.98 Å². The van der Waals surface area contributed by atoms with Crippen molar-refractivity contribution in [2.75, 3.05) is 11.9 Å². The Bertz CT molecular complexity index is 363. The molecule has 0 amide bonds. The first-order valence-electron chi connectivity index (χ1n) is 6.10. The van der Waals surface area contributed by atoms with Gasteiger partial charge in [0, 0.05) is 12.7 Å². The highest BCUT2D eigenvalue weighted by molar-refractivity contribution is 7.80. The number of unbranched alkanes of at least 4 members (excludes halogenated alkanes) is 1. The quantitative estimate of drug-likeness (QED) is 0.578. The Hall–Kier alpha value is -1.16. The van der Waals surface area contributed by atoms with E-state index in [-0.39, 0.29) is 0 Å².